The highest BCUT2D eigenvalue weighted by atomic mass is 16.3. The van der Waals surface area contributed by atoms with Gasteiger partial charge >= 0.3 is 0 Å². The lowest BCUT2D eigenvalue weighted by atomic mass is 9.67. The number of rotatable bonds is 5. The molecular weight excluding hydrogens is 440 g/mol. The van der Waals surface area contributed by atoms with Crippen molar-refractivity contribution < 1.29 is 10.2 Å². The van der Waals surface area contributed by atoms with E-state index >= 15 is 0 Å². The molecule has 2 nitrogen and oxygen atoms in total. The van der Waals surface area contributed by atoms with Crippen LogP contribution in [0.2, 0.25) is 0 Å². The third-order valence-corrected chi connectivity index (χ3v) is 7.76. The van der Waals surface area contributed by atoms with Gasteiger partial charge in [-0.05, 0) is 61.5 Å². The normalized spacial score (nSPS) is 13.8. The van der Waals surface area contributed by atoms with Crippen LogP contribution in [0.4, 0.5) is 0 Å². The Morgan fingerprint density at radius 3 is 0.944 bits per heavy atom. The maximum Gasteiger partial charge on any atom is 0.123 e. The van der Waals surface area contributed by atoms with Gasteiger partial charge in [-0.3, -0.25) is 0 Å². The second-order valence-corrected chi connectivity index (χ2v) is 15.3. The fourth-order valence-electron chi connectivity index (χ4n) is 5.18. The summed E-state index contributed by atoms with van der Waals surface area (Å²) in [4.78, 5) is 0. The van der Waals surface area contributed by atoms with Gasteiger partial charge in [-0.15, -0.1) is 0 Å². The van der Waals surface area contributed by atoms with Gasteiger partial charge in [-0.1, -0.05) is 134 Å². The van der Waals surface area contributed by atoms with Crippen LogP contribution in [0.25, 0.3) is 0 Å². The van der Waals surface area contributed by atoms with Crippen molar-refractivity contribution in [2.75, 3.05) is 0 Å². The van der Waals surface area contributed by atoms with Gasteiger partial charge in [0, 0.05) is 5.41 Å². The number of hydrogen-bond acceptors (Lipinski definition) is 2. The van der Waals surface area contributed by atoms with E-state index in [9.17, 15) is 10.2 Å². The molecule has 0 aromatic heterocycles. The van der Waals surface area contributed by atoms with Crippen LogP contribution in [0.15, 0.2) is 24.3 Å². The molecule has 2 aromatic carbocycles. The summed E-state index contributed by atoms with van der Waals surface area (Å²) < 4.78 is 0. The molecule has 2 N–H and O–H groups in total. The zero-order valence-electron chi connectivity index (χ0n) is 25.8. The van der Waals surface area contributed by atoms with E-state index in [2.05, 4.69) is 121 Å². The Morgan fingerprint density at radius 2 is 0.750 bits per heavy atom. The Labute approximate surface area is 222 Å². The largest absolute Gasteiger partial charge is 0.507 e. The van der Waals surface area contributed by atoms with Crippen LogP contribution in [-0.2, 0) is 27.1 Å². The topological polar surface area (TPSA) is 40.5 Å². The molecule has 0 bridgehead atoms. The van der Waals surface area contributed by atoms with Crippen LogP contribution < -0.4 is 0 Å². The minimum absolute atomic E-state index is 0.187. The molecule has 0 aliphatic heterocycles. The summed E-state index contributed by atoms with van der Waals surface area (Å²) >= 11 is 0. The number of phenols is 2. The highest BCUT2D eigenvalue weighted by molar-refractivity contribution is 5.57. The van der Waals surface area contributed by atoms with Gasteiger partial charge in [0.1, 0.15) is 11.5 Å². The number of hydrogen-bond donors (Lipinski definition) is 2. The van der Waals surface area contributed by atoms with Gasteiger partial charge in [0.2, 0.25) is 0 Å². The van der Waals surface area contributed by atoms with Crippen molar-refractivity contribution in [3.8, 4) is 11.5 Å². The predicted molar refractivity (Wildman–Crippen MR) is 157 cm³/mol. The zero-order valence-corrected chi connectivity index (χ0v) is 25.8. The first-order valence-corrected chi connectivity index (χ1v) is 13.8. The Kier molecular flexibility index (Phi) is 8.18. The van der Waals surface area contributed by atoms with Crippen LogP contribution >= 0.6 is 0 Å². The smallest absolute Gasteiger partial charge is 0.123 e. The molecule has 202 valence electrons. The number of phenolic OH excluding ortho intramolecular Hbond substituents is 2. The summed E-state index contributed by atoms with van der Waals surface area (Å²) in [6.07, 6.45) is 3.21. The summed E-state index contributed by atoms with van der Waals surface area (Å²) in [6.45, 7) is 30.7. The summed E-state index contributed by atoms with van der Waals surface area (Å²) in [6, 6.07) is 9.00. The first-order valence-electron chi connectivity index (χ1n) is 13.8. The first kappa shape index (κ1) is 30.3. The SMILES string of the molecule is CCCCC(C)(c1cc(C(C)(C)C)c(O)c(C(C)(C)C)c1)c1cc(C(C)(C)C)c(O)c(C(C)(C)C)c1. The molecule has 0 fully saturated rings. The lowest BCUT2D eigenvalue weighted by molar-refractivity contribution is 0.415. The maximum absolute atomic E-state index is 11.4. The van der Waals surface area contributed by atoms with Crippen molar-refractivity contribution >= 4 is 0 Å². The van der Waals surface area contributed by atoms with Gasteiger partial charge < -0.3 is 10.2 Å². The van der Waals surface area contributed by atoms with Gasteiger partial charge in [0.05, 0.1) is 0 Å². The summed E-state index contributed by atoms with van der Waals surface area (Å²) in [5, 5.41) is 22.8. The molecule has 0 heterocycles. The molecule has 0 saturated carbocycles. The Hall–Kier alpha value is -1.96. The van der Waals surface area contributed by atoms with E-state index in [1.165, 1.54) is 11.1 Å². The van der Waals surface area contributed by atoms with Gasteiger partial charge in [-0.25, -0.2) is 0 Å². The molecule has 0 unspecified atom stereocenters. The van der Waals surface area contributed by atoms with E-state index in [4.69, 9.17) is 0 Å². The summed E-state index contributed by atoms with van der Waals surface area (Å²) in [7, 11) is 0. The molecule has 0 saturated heterocycles. The Balaban J connectivity index is 3.06. The molecule has 0 aliphatic rings. The quantitative estimate of drug-likeness (QED) is 0.434. The van der Waals surface area contributed by atoms with Crippen LogP contribution in [-0.4, -0.2) is 10.2 Å². The predicted octanol–water partition coefficient (Wildman–Crippen LogP) is 9.78. The van der Waals surface area contributed by atoms with Crippen LogP contribution in [0, 0.1) is 0 Å². The lowest BCUT2D eigenvalue weighted by Gasteiger charge is -2.38. The molecule has 36 heavy (non-hydrogen) atoms. The monoisotopic (exact) mass is 494 g/mol. The summed E-state index contributed by atoms with van der Waals surface area (Å²) in [5.41, 5.74) is 5.47. The van der Waals surface area contributed by atoms with Gasteiger partial charge in [-0.2, -0.15) is 0 Å². The van der Waals surface area contributed by atoms with Crippen LogP contribution in [0.1, 0.15) is 150 Å². The van der Waals surface area contributed by atoms with Crippen molar-refractivity contribution in [1.29, 1.82) is 0 Å². The Morgan fingerprint density at radius 1 is 0.500 bits per heavy atom. The summed E-state index contributed by atoms with van der Waals surface area (Å²) in [5.74, 6) is 0.848. The number of unbranched alkanes of at least 4 members (excludes halogenated alkanes) is 1. The standard InChI is InChI=1S/C34H54O2/c1-15-16-17-34(14,22-18-24(30(2,3)4)28(35)25(19-22)31(5,6)7)23-20-26(32(8,9)10)29(36)27(21-23)33(11,12)13/h18-21,35-36H,15-17H2,1-14H3. The lowest BCUT2D eigenvalue weighted by Crippen LogP contribution is -2.28. The fourth-order valence-corrected chi connectivity index (χ4v) is 5.18. The maximum atomic E-state index is 11.4. The zero-order chi connectivity index (χ0) is 28.1. The van der Waals surface area contributed by atoms with Crippen molar-refractivity contribution in [1.82, 2.24) is 0 Å². The number of benzene rings is 2. The molecule has 2 aromatic rings. The highest BCUT2D eigenvalue weighted by Crippen LogP contribution is 2.48. The molecule has 0 spiro atoms. The minimum atomic E-state index is -0.266. The van der Waals surface area contributed by atoms with Crippen molar-refractivity contribution in [2.24, 2.45) is 0 Å². The van der Waals surface area contributed by atoms with Crippen molar-refractivity contribution in [3.63, 3.8) is 0 Å². The molecule has 0 amide bonds. The average Bonchev–Trinajstić information content (AvgIpc) is 2.68. The second kappa shape index (κ2) is 9.73. The van der Waals surface area contributed by atoms with Crippen molar-refractivity contribution in [3.05, 3.63) is 57.6 Å². The van der Waals surface area contributed by atoms with E-state index in [0.29, 0.717) is 11.5 Å². The van der Waals surface area contributed by atoms with E-state index in [-0.39, 0.29) is 27.1 Å². The fraction of sp³-hybridized carbons (Fsp3) is 0.647. The third-order valence-electron chi connectivity index (χ3n) is 7.76. The van der Waals surface area contributed by atoms with Gasteiger partial charge in [0.15, 0.2) is 0 Å². The molecular formula is C34H54O2. The van der Waals surface area contributed by atoms with E-state index < -0.39 is 0 Å². The number of aromatic hydroxyl groups is 2. The van der Waals surface area contributed by atoms with Crippen LogP contribution in [0.5, 0.6) is 11.5 Å². The van der Waals surface area contributed by atoms with Crippen molar-refractivity contribution in [2.45, 2.75) is 143 Å². The Bertz CT molecular complexity index is 925. The third kappa shape index (κ3) is 6.12. The average molecular weight is 495 g/mol. The van der Waals surface area contributed by atoms with E-state index in [1.807, 2.05) is 0 Å². The molecule has 2 rings (SSSR count). The van der Waals surface area contributed by atoms with Crippen LogP contribution in [0.3, 0.4) is 0 Å². The molecule has 2 heteroatoms. The first-order chi connectivity index (χ1) is 16.0. The van der Waals surface area contributed by atoms with Gasteiger partial charge in [0.25, 0.3) is 0 Å². The molecule has 0 aliphatic carbocycles. The van der Waals surface area contributed by atoms with E-state index in [1.54, 1.807) is 0 Å². The highest BCUT2D eigenvalue weighted by Gasteiger charge is 2.36. The molecule has 0 radical (unpaired) electrons. The van der Waals surface area contributed by atoms with E-state index in [0.717, 1.165) is 41.5 Å². The second-order valence-electron chi connectivity index (χ2n) is 15.3. The minimum Gasteiger partial charge on any atom is -0.507 e. The molecule has 0 atom stereocenters.